The number of para-hydroxylation sites is 1. The summed E-state index contributed by atoms with van der Waals surface area (Å²) in [6, 6.07) is 18.9. The molecule has 1 amide bonds. The molecule has 1 N–H and O–H groups in total. The highest BCUT2D eigenvalue weighted by molar-refractivity contribution is 5.99. The molecule has 0 unspecified atom stereocenters. The van der Waals surface area contributed by atoms with E-state index in [4.69, 9.17) is 0 Å². The number of nitrogens with zero attached hydrogens (tertiary/aromatic N) is 1. The fourth-order valence-corrected chi connectivity index (χ4v) is 4.87. The normalized spacial score (nSPS) is 21.0. The number of fused-ring (bicyclic) bond motifs is 1. The van der Waals surface area contributed by atoms with E-state index in [-0.39, 0.29) is 18.0 Å². The van der Waals surface area contributed by atoms with Crippen molar-refractivity contribution in [3.63, 3.8) is 0 Å². The first-order chi connectivity index (χ1) is 13.3. The molecule has 5 rings (SSSR count). The molecule has 2 heterocycles. The van der Waals surface area contributed by atoms with E-state index in [1.807, 2.05) is 6.07 Å². The lowest BCUT2D eigenvalue weighted by atomic mass is 9.87. The third-order valence-corrected chi connectivity index (χ3v) is 6.23. The highest BCUT2D eigenvalue weighted by Crippen LogP contribution is 2.49. The molecular weight excluding hydrogens is 332 g/mol. The lowest BCUT2D eigenvalue weighted by Crippen LogP contribution is -2.32. The SMILES string of the molecule is C[C@H](c1ccccc1)N1C(=O)C2=C(CCCC2)[C@H]1c1c[nH]c2ccccc12. The van der Waals surface area contributed by atoms with Gasteiger partial charge in [0.15, 0.2) is 0 Å². The van der Waals surface area contributed by atoms with Gasteiger partial charge in [-0.3, -0.25) is 4.79 Å². The van der Waals surface area contributed by atoms with E-state index < -0.39 is 0 Å². The number of nitrogens with one attached hydrogen (secondary N) is 1. The molecule has 3 aromatic rings. The van der Waals surface area contributed by atoms with Gasteiger partial charge in [0.05, 0.1) is 12.1 Å². The lowest BCUT2D eigenvalue weighted by molar-refractivity contribution is -0.129. The zero-order valence-electron chi connectivity index (χ0n) is 15.6. The fourth-order valence-electron chi connectivity index (χ4n) is 4.87. The Morgan fingerprint density at radius 1 is 1.00 bits per heavy atom. The molecule has 0 fully saturated rings. The lowest BCUT2D eigenvalue weighted by Gasteiger charge is -2.33. The number of hydrogen-bond acceptors (Lipinski definition) is 1. The zero-order chi connectivity index (χ0) is 18.4. The van der Waals surface area contributed by atoms with Crippen LogP contribution in [0.25, 0.3) is 10.9 Å². The van der Waals surface area contributed by atoms with Gasteiger partial charge >= 0.3 is 0 Å². The van der Waals surface area contributed by atoms with Gasteiger partial charge in [-0.2, -0.15) is 0 Å². The van der Waals surface area contributed by atoms with Gasteiger partial charge in [-0.1, -0.05) is 48.5 Å². The molecule has 3 nitrogen and oxygen atoms in total. The molecule has 0 radical (unpaired) electrons. The Hall–Kier alpha value is -2.81. The number of amides is 1. The maximum absolute atomic E-state index is 13.5. The smallest absolute Gasteiger partial charge is 0.251 e. The number of aromatic amines is 1. The molecule has 1 aromatic heterocycles. The van der Waals surface area contributed by atoms with Gasteiger partial charge < -0.3 is 9.88 Å². The van der Waals surface area contributed by atoms with Gasteiger partial charge in [-0.25, -0.2) is 0 Å². The molecule has 0 saturated heterocycles. The molecule has 0 saturated carbocycles. The van der Waals surface area contributed by atoms with Crippen molar-refractivity contribution in [2.75, 3.05) is 0 Å². The van der Waals surface area contributed by atoms with Crippen LogP contribution in [0.2, 0.25) is 0 Å². The van der Waals surface area contributed by atoms with Crippen molar-refractivity contribution in [1.29, 1.82) is 0 Å². The number of H-pyrrole nitrogens is 1. The first kappa shape index (κ1) is 16.4. The van der Waals surface area contributed by atoms with Crippen molar-refractivity contribution in [2.24, 2.45) is 0 Å². The molecule has 27 heavy (non-hydrogen) atoms. The van der Waals surface area contributed by atoms with Crippen LogP contribution < -0.4 is 0 Å². The average Bonchev–Trinajstić information content (AvgIpc) is 3.27. The summed E-state index contributed by atoms with van der Waals surface area (Å²) in [5, 5.41) is 1.22. The van der Waals surface area contributed by atoms with E-state index in [1.54, 1.807) is 0 Å². The van der Waals surface area contributed by atoms with Gasteiger partial charge in [0.2, 0.25) is 0 Å². The van der Waals surface area contributed by atoms with E-state index in [9.17, 15) is 4.79 Å². The Morgan fingerprint density at radius 3 is 2.59 bits per heavy atom. The summed E-state index contributed by atoms with van der Waals surface area (Å²) < 4.78 is 0. The minimum atomic E-state index is 0.0409. The molecule has 136 valence electrons. The highest BCUT2D eigenvalue weighted by atomic mass is 16.2. The van der Waals surface area contributed by atoms with Crippen molar-refractivity contribution in [3.05, 3.63) is 83.1 Å². The molecule has 2 aliphatic rings. The molecule has 0 bridgehead atoms. The minimum absolute atomic E-state index is 0.0409. The van der Waals surface area contributed by atoms with Crippen molar-refractivity contribution in [1.82, 2.24) is 9.88 Å². The van der Waals surface area contributed by atoms with Crippen LogP contribution in [0.4, 0.5) is 0 Å². The third-order valence-electron chi connectivity index (χ3n) is 6.23. The van der Waals surface area contributed by atoms with Crippen LogP contribution in [0.1, 0.15) is 55.8 Å². The van der Waals surface area contributed by atoms with Gasteiger partial charge in [0.1, 0.15) is 0 Å². The third kappa shape index (κ3) is 2.53. The van der Waals surface area contributed by atoms with Crippen molar-refractivity contribution in [2.45, 2.75) is 44.7 Å². The second kappa shape index (κ2) is 6.41. The summed E-state index contributed by atoms with van der Waals surface area (Å²) >= 11 is 0. The van der Waals surface area contributed by atoms with Gasteiger partial charge in [0.25, 0.3) is 5.91 Å². The summed E-state index contributed by atoms with van der Waals surface area (Å²) in [5.41, 5.74) is 5.97. The molecule has 2 aromatic carbocycles. The van der Waals surface area contributed by atoms with E-state index in [0.717, 1.165) is 30.4 Å². The first-order valence-electron chi connectivity index (χ1n) is 9.91. The van der Waals surface area contributed by atoms with E-state index in [1.165, 1.54) is 28.5 Å². The highest BCUT2D eigenvalue weighted by Gasteiger charge is 2.43. The first-order valence-corrected chi connectivity index (χ1v) is 9.91. The number of hydrogen-bond donors (Lipinski definition) is 1. The van der Waals surface area contributed by atoms with Crippen LogP contribution >= 0.6 is 0 Å². The molecule has 1 aliphatic heterocycles. The summed E-state index contributed by atoms with van der Waals surface area (Å²) in [5.74, 6) is 0.233. The maximum Gasteiger partial charge on any atom is 0.251 e. The monoisotopic (exact) mass is 356 g/mol. The van der Waals surface area contributed by atoms with Crippen LogP contribution in [0.5, 0.6) is 0 Å². The van der Waals surface area contributed by atoms with Gasteiger partial charge in [0, 0.05) is 28.2 Å². The number of carbonyl (C=O) groups is 1. The Kier molecular flexibility index (Phi) is 3.89. The molecule has 2 atom stereocenters. The number of benzene rings is 2. The quantitative estimate of drug-likeness (QED) is 0.643. The average molecular weight is 356 g/mol. The van der Waals surface area contributed by atoms with E-state index >= 15 is 0 Å². The van der Waals surface area contributed by atoms with Gasteiger partial charge in [-0.05, 0) is 49.8 Å². The predicted molar refractivity (Wildman–Crippen MR) is 108 cm³/mol. The fraction of sp³-hybridized carbons (Fsp3) is 0.292. The van der Waals surface area contributed by atoms with Crippen LogP contribution in [-0.4, -0.2) is 15.8 Å². The Bertz CT molecular complexity index is 1030. The van der Waals surface area contributed by atoms with Crippen LogP contribution in [0.3, 0.4) is 0 Å². The summed E-state index contributed by atoms with van der Waals surface area (Å²) in [6.45, 7) is 2.16. The maximum atomic E-state index is 13.5. The van der Waals surface area contributed by atoms with Crippen molar-refractivity contribution in [3.8, 4) is 0 Å². The molecular formula is C24H24N2O. The molecule has 0 spiro atoms. The Balaban J connectivity index is 1.66. The van der Waals surface area contributed by atoms with E-state index in [0.29, 0.717) is 0 Å². The van der Waals surface area contributed by atoms with Crippen molar-refractivity contribution < 1.29 is 4.79 Å². The van der Waals surface area contributed by atoms with Crippen LogP contribution in [-0.2, 0) is 4.79 Å². The number of aromatic nitrogens is 1. The Morgan fingerprint density at radius 2 is 1.74 bits per heavy atom. The van der Waals surface area contributed by atoms with Crippen LogP contribution in [0.15, 0.2) is 71.9 Å². The second-order valence-electron chi connectivity index (χ2n) is 7.70. The Labute approximate surface area is 159 Å². The number of carbonyl (C=O) groups excluding carboxylic acids is 1. The zero-order valence-corrected chi connectivity index (χ0v) is 15.6. The second-order valence-corrected chi connectivity index (χ2v) is 7.70. The topological polar surface area (TPSA) is 36.1 Å². The largest absolute Gasteiger partial charge is 0.361 e. The predicted octanol–water partition coefficient (Wildman–Crippen LogP) is 5.68. The van der Waals surface area contributed by atoms with Crippen LogP contribution in [0, 0.1) is 0 Å². The minimum Gasteiger partial charge on any atom is -0.361 e. The van der Waals surface area contributed by atoms with Gasteiger partial charge in [-0.15, -0.1) is 0 Å². The summed E-state index contributed by atoms with van der Waals surface area (Å²) in [6.07, 6.45) is 6.36. The molecule has 1 aliphatic carbocycles. The number of rotatable bonds is 3. The summed E-state index contributed by atoms with van der Waals surface area (Å²) in [4.78, 5) is 19.0. The standard InChI is InChI=1S/C24H24N2O/c1-16(17-9-3-2-4-10-17)26-23(19-12-5-6-13-20(19)24(26)27)21-15-25-22-14-8-7-11-18(21)22/h2-4,7-11,14-16,23,25H,5-6,12-13H2,1H3/t16-,23+/m1/s1. The van der Waals surface area contributed by atoms with Crippen molar-refractivity contribution >= 4 is 16.8 Å². The van der Waals surface area contributed by atoms with E-state index in [2.05, 4.69) is 71.5 Å². The molecule has 3 heteroatoms. The summed E-state index contributed by atoms with van der Waals surface area (Å²) in [7, 11) is 0.